The van der Waals surface area contributed by atoms with Gasteiger partial charge in [-0.3, -0.25) is 0 Å². The Morgan fingerprint density at radius 3 is 2.87 bits per heavy atom. The van der Waals surface area contributed by atoms with E-state index in [9.17, 15) is 9.18 Å². The van der Waals surface area contributed by atoms with Crippen LogP contribution >= 0.6 is 11.6 Å². The van der Waals surface area contributed by atoms with Crippen molar-refractivity contribution >= 4 is 17.6 Å². The van der Waals surface area contributed by atoms with Crippen LogP contribution in [0.4, 0.5) is 4.39 Å². The van der Waals surface area contributed by atoms with Crippen molar-refractivity contribution in [3.8, 4) is 11.8 Å². The molecule has 1 aromatic rings. The Labute approximate surface area is 91.7 Å². The monoisotopic (exact) mass is 226 g/mol. The van der Waals surface area contributed by atoms with Crippen LogP contribution in [0.15, 0.2) is 18.2 Å². The van der Waals surface area contributed by atoms with E-state index in [4.69, 9.17) is 16.7 Å². The molecular formula is C11H8ClFO2. The fraction of sp³-hybridized carbons (Fsp3) is 0.182. The Balaban J connectivity index is 3.15. The normalized spacial score (nSPS) is 9.20. The molecule has 0 heterocycles. The molecule has 0 unspecified atom stereocenters. The SMILES string of the molecule is O=C(O)c1cccc(F)c1C#CCCCl. The summed E-state index contributed by atoms with van der Waals surface area (Å²) >= 11 is 5.40. The summed E-state index contributed by atoms with van der Waals surface area (Å²) in [7, 11) is 0. The average Bonchev–Trinajstić information content (AvgIpc) is 2.20. The predicted molar refractivity (Wildman–Crippen MR) is 55.6 cm³/mol. The van der Waals surface area contributed by atoms with E-state index in [1.54, 1.807) is 0 Å². The highest BCUT2D eigenvalue weighted by molar-refractivity contribution is 6.18. The summed E-state index contributed by atoms with van der Waals surface area (Å²) in [6, 6.07) is 3.83. The van der Waals surface area contributed by atoms with Crippen LogP contribution in [0.5, 0.6) is 0 Å². The number of halogens is 2. The zero-order valence-corrected chi connectivity index (χ0v) is 8.51. The number of hydrogen-bond acceptors (Lipinski definition) is 1. The maximum atomic E-state index is 13.2. The number of alkyl halides is 1. The molecule has 0 aliphatic heterocycles. The lowest BCUT2D eigenvalue weighted by molar-refractivity contribution is 0.0696. The summed E-state index contributed by atoms with van der Waals surface area (Å²) in [5.74, 6) is 3.59. The molecule has 0 saturated heterocycles. The van der Waals surface area contributed by atoms with Gasteiger partial charge in [0.15, 0.2) is 0 Å². The number of aromatic carboxylic acids is 1. The first-order valence-corrected chi connectivity index (χ1v) is 4.77. The molecule has 0 aliphatic carbocycles. The van der Waals surface area contributed by atoms with E-state index >= 15 is 0 Å². The van der Waals surface area contributed by atoms with Crippen LogP contribution in [-0.4, -0.2) is 17.0 Å². The van der Waals surface area contributed by atoms with Crippen molar-refractivity contribution in [2.24, 2.45) is 0 Å². The Morgan fingerprint density at radius 1 is 1.53 bits per heavy atom. The summed E-state index contributed by atoms with van der Waals surface area (Å²) in [4.78, 5) is 10.7. The van der Waals surface area contributed by atoms with Gasteiger partial charge in [0, 0.05) is 12.3 Å². The Morgan fingerprint density at radius 2 is 2.27 bits per heavy atom. The van der Waals surface area contributed by atoms with Gasteiger partial charge in [-0.05, 0) is 12.1 Å². The summed E-state index contributed by atoms with van der Waals surface area (Å²) in [6.07, 6.45) is 0.398. The number of benzene rings is 1. The highest BCUT2D eigenvalue weighted by Crippen LogP contribution is 2.12. The van der Waals surface area contributed by atoms with Gasteiger partial charge < -0.3 is 5.11 Å². The lowest BCUT2D eigenvalue weighted by atomic mass is 10.1. The molecule has 1 aromatic carbocycles. The molecule has 2 nitrogen and oxygen atoms in total. The van der Waals surface area contributed by atoms with Crippen LogP contribution in [0.3, 0.4) is 0 Å². The van der Waals surface area contributed by atoms with Gasteiger partial charge in [-0.25, -0.2) is 9.18 Å². The minimum Gasteiger partial charge on any atom is -0.478 e. The fourth-order valence-electron chi connectivity index (χ4n) is 1.03. The molecule has 0 bridgehead atoms. The molecule has 4 heteroatoms. The van der Waals surface area contributed by atoms with Gasteiger partial charge in [-0.2, -0.15) is 0 Å². The van der Waals surface area contributed by atoms with Gasteiger partial charge in [-0.1, -0.05) is 17.9 Å². The predicted octanol–water partition coefficient (Wildman–Crippen LogP) is 2.50. The summed E-state index contributed by atoms with van der Waals surface area (Å²) in [5, 5.41) is 8.79. The van der Waals surface area contributed by atoms with Crippen molar-refractivity contribution < 1.29 is 14.3 Å². The fourth-order valence-corrected chi connectivity index (χ4v) is 1.12. The maximum absolute atomic E-state index is 13.2. The molecule has 0 atom stereocenters. The Kier molecular flexibility index (Phi) is 4.14. The molecule has 0 spiro atoms. The second kappa shape index (κ2) is 5.38. The van der Waals surface area contributed by atoms with Crippen LogP contribution < -0.4 is 0 Å². The first-order valence-electron chi connectivity index (χ1n) is 4.23. The quantitative estimate of drug-likeness (QED) is 0.622. The number of carboxylic acids is 1. The third kappa shape index (κ3) is 2.97. The zero-order chi connectivity index (χ0) is 11.3. The van der Waals surface area contributed by atoms with Crippen LogP contribution in [-0.2, 0) is 0 Å². The Bertz CT molecular complexity index is 432. The number of rotatable bonds is 2. The molecule has 1 rings (SSSR count). The van der Waals surface area contributed by atoms with Crippen molar-refractivity contribution in [1.82, 2.24) is 0 Å². The standard InChI is InChI=1S/C11H8ClFO2/c12-7-2-1-4-8-9(11(14)15)5-3-6-10(8)13/h3,5-6H,2,7H2,(H,14,15). The molecule has 0 aliphatic rings. The van der Waals surface area contributed by atoms with Crippen molar-refractivity contribution in [1.29, 1.82) is 0 Å². The number of hydrogen-bond donors (Lipinski definition) is 1. The van der Waals surface area contributed by atoms with E-state index in [1.807, 2.05) is 0 Å². The highest BCUT2D eigenvalue weighted by atomic mass is 35.5. The van der Waals surface area contributed by atoms with Gasteiger partial charge in [0.25, 0.3) is 0 Å². The van der Waals surface area contributed by atoms with Crippen molar-refractivity contribution in [2.75, 3.05) is 5.88 Å². The molecule has 1 N–H and O–H groups in total. The van der Waals surface area contributed by atoms with E-state index in [0.717, 1.165) is 0 Å². The topological polar surface area (TPSA) is 37.3 Å². The molecule has 0 radical (unpaired) electrons. The minimum absolute atomic E-state index is 0.0879. The molecule has 15 heavy (non-hydrogen) atoms. The highest BCUT2D eigenvalue weighted by Gasteiger charge is 2.11. The summed E-state index contributed by atoms with van der Waals surface area (Å²) in [6.45, 7) is 0. The van der Waals surface area contributed by atoms with Crippen molar-refractivity contribution in [3.63, 3.8) is 0 Å². The molecule has 0 saturated carbocycles. The van der Waals surface area contributed by atoms with Gasteiger partial charge in [-0.15, -0.1) is 11.6 Å². The van der Waals surface area contributed by atoms with E-state index in [1.165, 1.54) is 18.2 Å². The third-order valence-electron chi connectivity index (χ3n) is 1.68. The molecule has 0 fully saturated rings. The van der Waals surface area contributed by atoms with E-state index in [2.05, 4.69) is 11.8 Å². The zero-order valence-electron chi connectivity index (χ0n) is 7.76. The van der Waals surface area contributed by atoms with Crippen molar-refractivity contribution in [2.45, 2.75) is 6.42 Å². The second-order valence-electron chi connectivity index (χ2n) is 2.71. The largest absolute Gasteiger partial charge is 0.478 e. The summed E-state index contributed by atoms with van der Waals surface area (Å²) < 4.78 is 13.2. The molecule has 0 amide bonds. The summed E-state index contributed by atoms with van der Waals surface area (Å²) in [5.41, 5.74) is -0.216. The van der Waals surface area contributed by atoms with Gasteiger partial charge in [0.1, 0.15) is 5.82 Å². The third-order valence-corrected chi connectivity index (χ3v) is 1.87. The van der Waals surface area contributed by atoms with E-state index in [0.29, 0.717) is 12.3 Å². The van der Waals surface area contributed by atoms with Crippen molar-refractivity contribution in [3.05, 3.63) is 35.1 Å². The van der Waals surface area contributed by atoms with E-state index in [-0.39, 0.29) is 11.1 Å². The van der Waals surface area contributed by atoms with Gasteiger partial charge in [0.2, 0.25) is 0 Å². The van der Waals surface area contributed by atoms with Crippen LogP contribution in [0.2, 0.25) is 0 Å². The van der Waals surface area contributed by atoms with Gasteiger partial charge >= 0.3 is 5.97 Å². The molecular weight excluding hydrogens is 219 g/mol. The maximum Gasteiger partial charge on any atom is 0.337 e. The number of carbonyl (C=O) groups is 1. The number of carboxylic acid groups (broad SMARTS) is 1. The van der Waals surface area contributed by atoms with Crippen LogP contribution in [0, 0.1) is 17.7 Å². The first-order chi connectivity index (χ1) is 7.16. The van der Waals surface area contributed by atoms with Crippen LogP contribution in [0.25, 0.3) is 0 Å². The molecule has 0 aromatic heterocycles. The van der Waals surface area contributed by atoms with E-state index < -0.39 is 11.8 Å². The smallest absolute Gasteiger partial charge is 0.337 e. The first kappa shape index (κ1) is 11.5. The Hall–Kier alpha value is -1.53. The molecule has 78 valence electrons. The second-order valence-corrected chi connectivity index (χ2v) is 3.09. The minimum atomic E-state index is -1.19. The lowest BCUT2D eigenvalue weighted by Gasteiger charge is -1.99. The van der Waals surface area contributed by atoms with Crippen LogP contribution in [0.1, 0.15) is 22.3 Å². The van der Waals surface area contributed by atoms with Gasteiger partial charge in [0.05, 0.1) is 11.1 Å². The lowest BCUT2D eigenvalue weighted by Crippen LogP contribution is -2.01. The average molecular weight is 227 g/mol.